The highest BCUT2D eigenvalue weighted by atomic mass is 15.3. The summed E-state index contributed by atoms with van der Waals surface area (Å²) in [5.74, 6) is 7.13. The minimum atomic E-state index is 0.368. The molecule has 2 aromatic rings. The van der Waals surface area contributed by atoms with E-state index < -0.39 is 0 Å². The predicted octanol–water partition coefficient (Wildman–Crippen LogP) is -0.0143. The van der Waals surface area contributed by atoms with Gasteiger partial charge in [-0.05, 0) is 13.0 Å². The number of nitrogen functional groups attached to an aromatic ring is 1. The van der Waals surface area contributed by atoms with Crippen molar-refractivity contribution >= 4 is 11.8 Å². The number of aryl methyl sites for hydroxylation is 1. The highest BCUT2D eigenvalue weighted by Gasteiger charge is 2.03. The Balaban J connectivity index is 2.02. The lowest BCUT2D eigenvalue weighted by atomic mass is 10.5. The molecule has 2 heterocycles. The second kappa shape index (κ2) is 5.21. The van der Waals surface area contributed by atoms with Gasteiger partial charge in [-0.15, -0.1) is 10.2 Å². The molecule has 0 aliphatic carbocycles. The van der Waals surface area contributed by atoms with Crippen LogP contribution in [0.5, 0.6) is 0 Å². The molecule has 0 atom stereocenters. The molecule has 0 radical (unpaired) electrons. The van der Waals surface area contributed by atoms with E-state index in [-0.39, 0.29) is 0 Å². The zero-order chi connectivity index (χ0) is 12.1. The van der Waals surface area contributed by atoms with Gasteiger partial charge in [0.2, 0.25) is 5.95 Å². The van der Waals surface area contributed by atoms with Crippen molar-refractivity contribution in [3.8, 4) is 0 Å². The summed E-state index contributed by atoms with van der Waals surface area (Å²) in [5.41, 5.74) is 2.39. The summed E-state index contributed by atoms with van der Waals surface area (Å²) in [4.78, 5) is 8.05. The van der Waals surface area contributed by atoms with Crippen LogP contribution in [0.25, 0.3) is 0 Å². The minimum absolute atomic E-state index is 0.368. The Hall–Kier alpha value is -2.22. The molecule has 8 heteroatoms. The van der Waals surface area contributed by atoms with E-state index in [1.165, 1.54) is 0 Å². The van der Waals surface area contributed by atoms with Gasteiger partial charge in [0, 0.05) is 12.7 Å². The van der Waals surface area contributed by atoms with Crippen LogP contribution in [0.1, 0.15) is 12.7 Å². The number of hydrazine groups is 1. The third-order valence-corrected chi connectivity index (χ3v) is 2.25. The molecule has 0 unspecified atom stereocenters. The molecule has 0 saturated heterocycles. The first kappa shape index (κ1) is 11.3. The van der Waals surface area contributed by atoms with Gasteiger partial charge in [-0.25, -0.2) is 10.8 Å². The minimum Gasteiger partial charge on any atom is -0.363 e. The van der Waals surface area contributed by atoms with Crippen molar-refractivity contribution in [2.24, 2.45) is 5.84 Å². The van der Waals surface area contributed by atoms with E-state index in [0.717, 1.165) is 12.4 Å². The quantitative estimate of drug-likeness (QED) is 0.493. The van der Waals surface area contributed by atoms with Gasteiger partial charge in [0.15, 0.2) is 5.82 Å². The Labute approximate surface area is 98.3 Å². The zero-order valence-corrected chi connectivity index (χ0v) is 9.46. The Morgan fingerprint density at radius 3 is 3.12 bits per heavy atom. The van der Waals surface area contributed by atoms with Crippen LogP contribution in [0.15, 0.2) is 18.6 Å². The number of nitrogens with two attached hydrogens (primary N) is 1. The molecule has 90 valence electrons. The van der Waals surface area contributed by atoms with Gasteiger partial charge in [0.25, 0.3) is 0 Å². The lowest BCUT2D eigenvalue weighted by molar-refractivity contribution is 0.707. The molecule has 0 saturated carbocycles. The van der Waals surface area contributed by atoms with Gasteiger partial charge in [0.1, 0.15) is 12.1 Å². The topological polar surface area (TPSA) is 107 Å². The fourth-order valence-electron chi connectivity index (χ4n) is 1.38. The van der Waals surface area contributed by atoms with Crippen LogP contribution in [0.2, 0.25) is 0 Å². The Morgan fingerprint density at radius 1 is 1.47 bits per heavy atom. The molecule has 8 nitrogen and oxygen atoms in total. The normalized spacial score (nSPS) is 10.2. The highest BCUT2D eigenvalue weighted by molar-refractivity contribution is 5.38. The molecular formula is C9H14N8. The molecule has 0 fully saturated rings. The summed E-state index contributed by atoms with van der Waals surface area (Å²) in [6.45, 7) is 3.42. The summed E-state index contributed by atoms with van der Waals surface area (Å²) in [6.07, 6.45) is 3.32. The Bertz CT molecular complexity index is 479. The lowest BCUT2D eigenvalue weighted by Crippen LogP contribution is -2.12. The molecule has 17 heavy (non-hydrogen) atoms. The van der Waals surface area contributed by atoms with Crippen molar-refractivity contribution in [3.63, 3.8) is 0 Å². The first-order valence-electron chi connectivity index (χ1n) is 5.23. The van der Waals surface area contributed by atoms with E-state index in [4.69, 9.17) is 5.84 Å². The third kappa shape index (κ3) is 2.67. The lowest BCUT2D eigenvalue weighted by Gasteiger charge is -2.06. The van der Waals surface area contributed by atoms with Gasteiger partial charge in [-0.2, -0.15) is 4.98 Å². The third-order valence-electron chi connectivity index (χ3n) is 2.25. The van der Waals surface area contributed by atoms with E-state index in [1.54, 1.807) is 18.6 Å². The van der Waals surface area contributed by atoms with Gasteiger partial charge in [-0.3, -0.25) is 5.43 Å². The molecule has 0 bridgehead atoms. The average molecular weight is 234 g/mol. The number of rotatable bonds is 5. The van der Waals surface area contributed by atoms with Gasteiger partial charge in [-0.1, -0.05) is 0 Å². The number of aromatic nitrogens is 5. The highest BCUT2D eigenvalue weighted by Crippen LogP contribution is 2.06. The molecule has 0 spiro atoms. The largest absolute Gasteiger partial charge is 0.363 e. The van der Waals surface area contributed by atoms with Crippen LogP contribution in [0.4, 0.5) is 11.8 Å². The fourth-order valence-corrected chi connectivity index (χ4v) is 1.38. The van der Waals surface area contributed by atoms with Crippen molar-refractivity contribution < 1.29 is 0 Å². The first-order chi connectivity index (χ1) is 8.33. The summed E-state index contributed by atoms with van der Waals surface area (Å²) in [5, 5.41) is 11.0. The van der Waals surface area contributed by atoms with Gasteiger partial charge < -0.3 is 9.88 Å². The number of anilines is 2. The standard InChI is InChI=1S/C9H14N8/c1-2-17-6-13-16-8(17)5-12-7-3-4-11-9(14-7)15-10/h3-4,6H,2,5,10H2,1H3,(H2,11,12,14,15). The van der Waals surface area contributed by atoms with E-state index in [2.05, 4.69) is 30.9 Å². The van der Waals surface area contributed by atoms with Crippen LogP contribution >= 0.6 is 0 Å². The van der Waals surface area contributed by atoms with Crippen LogP contribution < -0.4 is 16.6 Å². The molecule has 2 rings (SSSR count). The molecule has 4 N–H and O–H groups in total. The molecular weight excluding hydrogens is 220 g/mol. The monoisotopic (exact) mass is 234 g/mol. The molecule has 0 aromatic carbocycles. The maximum atomic E-state index is 5.23. The number of nitrogens with one attached hydrogen (secondary N) is 2. The second-order valence-electron chi connectivity index (χ2n) is 3.30. The van der Waals surface area contributed by atoms with Crippen molar-refractivity contribution in [1.82, 2.24) is 24.7 Å². The number of hydrogen-bond acceptors (Lipinski definition) is 7. The van der Waals surface area contributed by atoms with Crippen molar-refractivity contribution in [2.45, 2.75) is 20.0 Å². The van der Waals surface area contributed by atoms with Gasteiger partial charge >= 0.3 is 0 Å². The van der Waals surface area contributed by atoms with Crippen molar-refractivity contribution in [3.05, 3.63) is 24.4 Å². The summed E-state index contributed by atoms with van der Waals surface area (Å²) < 4.78 is 1.95. The predicted molar refractivity (Wildman–Crippen MR) is 62.9 cm³/mol. The average Bonchev–Trinajstić information content (AvgIpc) is 2.84. The van der Waals surface area contributed by atoms with Crippen LogP contribution in [-0.2, 0) is 13.1 Å². The Morgan fingerprint density at radius 2 is 2.35 bits per heavy atom. The van der Waals surface area contributed by atoms with Crippen LogP contribution in [0.3, 0.4) is 0 Å². The second-order valence-corrected chi connectivity index (χ2v) is 3.30. The van der Waals surface area contributed by atoms with E-state index >= 15 is 0 Å². The van der Waals surface area contributed by atoms with E-state index in [1.807, 2.05) is 11.5 Å². The Kier molecular flexibility index (Phi) is 3.46. The molecule has 0 amide bonds. The van der Waals surface area contributed by atoms with E-state index in [0.29, 0.717) is 18.3 Å². The van der Waals surface area contributed by atoms with E-state index in [9.17, 15) is 0 Å². The number of nitrogens with zero attached hydrogens (tertiary/aromatic N) is 5. The van der Waals surface area contributed by atoms with Gasteiger partial charge in [0.05, 0.1) is 6.54 Å². The molecule has 0 aliphatic heterocycles. The maximum absolute atomic E-state index is 5.23. The zero-order valence-electron chi connectivity index (χ0n) is 9.46. The molecule has 2 aromatic heterocycles. The SMILES string of the molecule is CCn1cnnc1CNc1ccnc(NN)n1. The van der Waals surface area contributed by atoms with Crippen LogP contribution in [-0.4, -0.2) is 24.7 Å². The summed E-state index contributed by atoms with van der Waals surface area (Å²) in [7, 11) is 0. The van der Waals surface area contributed by atoms with Crippen LogP contribution in [0, 0.1) is 0 Å². The fraction of sp³-hybridized carbons (Fsp3) is 0.333. The van der Waals surface area contributed by atoms with Crippen molar-refractivity contribution in [2.75, 3.05) is 10.7 Å². The van der Waals surface area contributed by atoms with Crippen molar-refractivity contribution in [1.29, 1.82) is 0 Å². The number of hydrogen-bond donors (Lipinski definition) is 3. The molecule has 0 aliphatic rings. The first-order valence-corrected chi connectivity index (χ1v) is 5.23. The summed E-state index contributed by atoms with van der Waals surface area (Å²) in [6, 6.07) is 1.76. The smallest absolute Gasteiger partial charge is 0.239 e. The summed E-state index contributed by atoms with van der Waals surface area (Å²) >= 11 is 0. The maximum Gasteiger partial charge on any atom is 0.239 e.